The van der Waals surface area contributed by atoms with Crippen LogP contribution in [-0.4, -0.2) is 22.1 Å². The summed E-state index contributed by atoms with van der Waals surface area (Å²) < 4.78 is 20.4. The summed E-state index contributed by atoms with van der Waals surface area (Å²) in [5.74, 6) is -0.735. The molecule has 0 aliphatic heterocycles. The Kier molecular flexibility index (Phi) is 3.42. The number of hydrogen-bond donors (Lipinski definition) is 0. The zero-order valence-corrected chi connectivity index (χ0v) is 11.5. The lowest BCUT2D eigenvalue weighted by molar-refractivity contribution is -0.143. The van der Waals surface area contributed by atoms with Gasteiger partial charge in [-0.3, -0.25) is 4.79 Å². The lowest BCUT2D eigenvalue weighted by Crippen LogP contribution is -2.16. The minimum absolute atomic E-state index is 0.174. The van der Waals surface area contributed by atoms with Gasteiger partial charge in [-0.05, 0) is 50.3 Å². The second-order valence-electron chi connectivity index (χ2n) is 5.03. The Hall–Kier alpha value is -1.91. The Morgan fingerprint density at radius 2 is 2.20 bits per heavy atom. The lowest BCUT2D eigenvalue weighted by atomic mass is 9.97. The summed E-state index contributed by atoms with van der Waals surface area (Å²) in [6.07, 6.45) is 3.99. The minimum Gasteiger partial charge on any atom is -0.465 e. The van der Waals surface area contributed by atoms with Crippen LogP contribution >= 0.6 is 0 Å². The van der Waals surface area contributed by atoms with Gasteiger partial charge < -0.3 is 9.30 Å². The smallest absolute Gasteiger partial charge is 0.325 e. The highest BCUT2D eigenvalue weighted by Gasteiger charge is 2.22. The van der Waals surface area contributed by atoms with Crippen molar-refractivity contribution in [3.05, 3.63) is 29.3 Å². The molecule has 0 fully saturated rings. The molecule has 4 nitrogen and oxygen atoms in total. The topological polar surface area (TPSA) is 44.1 Å². The Morgan fingerprint density at radius 1 is 1.40 bits per heavy atom. The predicted molar refractivity (Wildman–Crippen MR) is 73.0 cm³/mol. The van der Waals surface area contributed by atoms with Crippen LogP contribution in [0.25, 0.3) is 11.0 Å². The Morgan fingerprint density at radius 3 is 3.00 bits per heavy atom. The van der Waals surface area contributed by atoms with Crippen LogP contribution in [0.2, 0.25) is 0 Å². The van der Waals surface area contributed by atoms with Crippen molar-refractivity contribution < 1.29 is 13.9 Å². The normalized spacial score (nSPS) is 14.3. The molecule has 0 spiro atoms. The monoisotopic (exact) mass is 276 g/mol. The van der Waals surface area contributed by atoms with E-state index in [-0.39, 0.29) is 12.5 Å². The van der Waals surface area contributed by atoms with Crippen LogP contribution in [0.4, 0.5) is 4.39 Å². The van der Waals surface area contributed by atoms with Gasteiger partial charge >= 0.3 is 5.97 Å². The third-order valence-corrected chi connectivity index (χ3v) is 3.77. The van der Waals surface area contributed by atoms with Crippen LogP contribution < -0.4 is 0 Å². The van der Waals surface area contributed by atoms with E-state index in [9.17, 15) is 9.18 Å². The third kappa shape index (κ3) is 2.17. The highest BCUT2D eigenvalue weighted by atomic mass is 19.1. The van der Waals surface area contributed by atoms with Crippen molar-refractivity contribution in [3.63, 3.8) is 0 Å². The van der Waals surface area contributed by atoms with E-state index < -0.39 is 5.95 Å². The van der Waals surface area contributed by atoms with Gasteiger partial charge in [0.05, 0.1) is 17.6 Å². The predicted octanol–water partition coefficient (Wildman–Crippen LogP) is 2.62. The first-order valence-electron chi connectivity index (χ1n) is 7.03. The molecule has 0 atom stereocenters. The molecule has 20 heavy (non-hydrogen) atoms. The Bertz CT molecular complexity index is 663. The first kappa shape index (κ1) is 13.1. The van der Waals surface area contributed by atoms with Crippen LogP contribution in [0.5, 0.6) is 0 Å². The first-order chi connectivity index (χ1) is 9.70. The zero-order chi connectivity index (χ0) is 14.1. The van der Waals surface area contributed by atoms with Gasteiger partial charge in [0.25, 0.3) is 0 Å². The van der Waals surface area contributed by atoms with Gasteiger partial charge in [0.15, 0.2) is 0 Å². The van der Waals surface area contributed by atoms with Crippen molar-refractivity contribution in [3.8, 4) is 0 Å². The number of rotatable bonds is 3. The SMILES string of the molecule is CCOC(=O)Cn1c2c(c3nc(F)ccc31)CCCC2. The van der Waals surface area contributed by atoms with E-state index in [4.69, 9.17) is 4.74 Å². The number of carbonyl (C=O) groups excluding carboxylic acids is 1. The van der Waals surface area contributed by atoms with E-state index in [1.165, 1.54) is 6.07 Å². The van der Waals surface area contributed by atoms with Gasteiger partial charge in [-0.2, -0.15) is 4.39 Å². The van der Waals surface area contributed by atoms with Gasteiger partial charge in [0.1, 0.15) is 6.54 Å². The van der Waals surface area contributed by atoms with Gasteiger partial charge in [-0.1, -0.05) is 0 Å². The maximum Gasteiger partial charge on any atom is 0.325 e. The molecule has 0 aromatic carbocycles. The number of aryl methyl sites for hydroxylation is 1. The Balaban J connectivity index is 2.12. The van der Waals surface area contributed by atoms with Crippen molar-refractivity contribution in [2.75, 3.05) is 6.61 Å². The highest BCUT2D eigenvalue weighted by Crippen LogP contribution is 2.31. The average molecular weight is 276 g/mol. The third-order valence-electron chi connectivity index (χ3n) is 3.77. The molecule has 0 unspecified atom stereocenters. The van der Waals surface area contributed by atoms with Crippen LogP contribution in [0.1, 0.15) is 31.0 Å². The zero-order valence-electron chi connectivity index (χ0n) is 11.5. The van der Waals surface area contributed by atoms with Crippen molar-refractivity contribution in [1.82, 2.24) is 9.55 Å². The number of aromatic nitrogens is 2. The molecule has 2 aromatic heterocycles. The maximum absolute atomic E-state index is 13.4. The molecule has 5 heteroatoms. The summed E-state index contributed by atoms with van der Waals surface area (Å²) in [7, 11) is 0. The van der Waals surface area contributed by atoms with Crippen molar-refractivity contribution >= 4 is 17.0 Å². The average Bonchev–Trinajstić information content (AvgIpc) is 2.74. The van der Waals surface area contributed by atoms with Gasteiger partial charge in [0.2, 0.25) is 5.95 Å². The number of carbonyl (C=O) groups is 1. The summed E-state index contributed by atoms with van der Waals surface area (Å²) in [6, 6.07) is 3.05. The molecule has 0 amide bonds. The summed E-state index contributed by atoms with van der Waals surface area (Å²) >= 11 is 0. The summed E-state index contributed by atoms with van der Waals surface area (Å²) in [5.41, 5.74) is 3.72. The number of esters is 1. The van der Waals surface area contributed by atoms with E-state index in [0.717, 1.165) is 42.5 Å². The molecule has 0 radical (unpaired) electrons. The van der Waals surface area contributed by atoms with Crippen LogP contribution in [0.3, 0.4) is 0 Å². The molecule has 1 aliphatic rings. The van der Waals surface area contributed by atoms with Crippen LogP contribution in [-0.2, 0) is 28.9 Å². The summed E-state index contributed by atoms with van der Waals surface area (Å²) in [4.78, 5) is 15.8. The summed E-state index contributed by atoms with van der Waals surface area (Å²) in [5, 5.41) is 0. The number of ether oxygens (including phenoxy) is 1. The van der Waals surface area contributed by atoms with Crippen LogP contribution in [0, 0.1) is 5.95 Å². The number of hydrogen-bond acceptors (Lipinski definition) is 3. The molecule has 1 aliphatic carbocycles. The molecule has 3 rings (SSSR count). The van der Waals surface area contributed by atoms with Crippen LogP contribution in [0.15, 0.2) is 12.1 Å². The largest absolute Gasteiger partial charge is 0.465 e. The number of fused-ring (bicyclic) bond motifs is 3. The molecule has 0 saturated carbocycles. The summed E-state index contributed by atoms with van der Waals surface area (Å²) in [6.45, 7) is 2.33. The number of halogens is 1. The van der Waals surface area contributed by atoms with E-state index in [1.54, 1.807) is 13.0 Å². The molecule has 2 heterocycles. The second kappa shape index (κ2) is 5.23. The quantitative estimate of drug-likeness (QED) is 0.639. The molecular formula is C15H17FN2O2. The standard InChI is InChI=1S/C15H17FN2O2/c1-2-20-14(19)9-18-11-6-4-3-5-10(11)15-12(18)7-8-13(16)17-15/h7-8H,2-6,9H2,1H3. The fourth-order valence-electron chi connectivity index (χ4n) is 2.97. The van der Waals surface area contributed by atoms with Crippen molar-refractivity contribution in [2.45, 2.75) is 39.2 Å². The Labute approximate surface area is 116 Å². The second-order valence-corrected chi connectivity index (χ2v) is 5.03. The van der Waals surface area contributed by atoms with Crippen molar-refractivity contribution in [2.24, 2.45) is 0 Å². The molecule has 106 valence electrons. The molecule has 0 N–H and O–H groups in total. The van der Waals surface area contributed by atoms with E-state index in [2.05, 4.69) is 4.98 Å². The number of nitrogens with zero attached hydrogens (tertiary/aromatic N) is 2. The first-order valence-corrected chi connectivity index (χ1v) is 7.03. The highest BCUT2D eigenvalue weighted by molar-refractivity contribution is 5.83. The van der Waals surface area contributed by atoms with Crippen molar-refractivity contribution in [1.29, 1.82) is 0 Å². The molecule has 2 aromatic rings. The minimum atomic E-state index is -0.473. The molecular weight excluding hydrogens is 259 g/mol. The molecule has 0 bridgehead atoms. The molecule has 0 saturated heterocycles. The van der Waals surface area contributed by atoms with Gasteiger partial charge in [-0.25, -0.2) is 4.98 Å². The number of pyridine rings is 1. The van der Waals surface area contributed by atoms with E-state index in [1.807, 2.05) is 4.57 Å². The fraction of sp³-hybridized carbons (Fsp3) is 0.467. The van der Waals surface area contributed by atoms with Gasteiger partial charge in [0, 0.05) is 5.69 Å². The fourth-order valence-corrected chi connectivity index (χ4v) is 2.97. The van der Waals surface area contributed by atoms with Gasteiger partial charge in [-0.15, -0.1) is 0 Å². The van der Waals surface area contributed by atoms with E-state index in [0.29, 0.717) is 12.1 Å². The van der Waals surface area contributed by atoms with E-state index >= 15 is 0 Å². The lowest BCUT2D eigenvalue weighted by Gasteiger charge is -2.15. The maximum atomic E-state index is 13.4.